The number of sulfone groups is 1. The Morgan fingerprint density at radius 1 is 1.02 bits per heavy atom. The van der Waals surface area contributed by atoms with E-state index in [1.807, 2.05) is 49.5 Å². The third kappa shape index (κ3) is 7.01. The molecule has 1 heterocycles. The largest absolute Gasteiger partial charge is 0.496 e. The van der Waals surface area contributed by atoms with E-state index in [1.54, 1.807) is 12.0 Å². The van der Waals surface area contributed by atoms with Gasteiger partial charge in [0.1, 0.15) is 28.1 Å². The number of carbonyl (C=O) groups excluding carboxylic acids is 1. The van der Waals surface area contributed by atoms with Crippen molar-refractivity contribution in [2.45, 2.75) is 44.3 Å². The van der Waals surface area contributed by atoms with E-state index in [2.05, 4.69) is 10.6 Å². The van der Waals surface area contributed by atoms with Crippen molar-refractivity contribution in [3.8, 4) is 16.9 Å². The molecule has 44 heavy (non-hydrogen) atoms. The number of nitrogens with one attached hydrogen (secondary N) is 2. The molecule has 1 aliphatic carbocycles. The van der Waals surface area contributed by atoms with Crippen LogP contribution in [0.25, 0.3) is 21.2 Å². The molecule has 2 N–H and O–H groups in total. The van der Waals surface area contributed by atoms with Crippen molar-refractivity contribution in [3.63, 3.8) is 0 Å². The highest BCUT2D eigenvalue weighted by molar-refractivity contribution is 7.90. The van der Waals surface area contributed by atoms with Crippen molar-refractivity contribution in [2.75, 3.05) is 31.6 Å². The number of thiophene rings is 1. The molecule has 0 spiro atoms. The lowest BCUT2D eigenvalue weighted by Crippen LogP contribution is -2.44. The van der Waals surface area contributed by atoms with Gasteiger partial charge in [-0.3, -0.25) is 4.79 Å². The molecule has 4 aromatic rings. The lowest BCUT2D eigenvalue weighted by Gasteiger charge is -2.37. The van der Waals surface area contributed by atoms with Gasteiger partial charge in [-0.05, 0) is 80.3 Å². The number of hydrogen-bond donors (Lipinski definition) is 2. The third-order valence-electron chi connectivity index (χ3n) is 8.06. The summed E-state index contributed by atoms with van der Waals surface area (Å²) >= 11 is 7.44. The summed E-state index contributed by atoms with van der Waals surface area (Å²) in [6.45, 7) is 0.203. The molecule has 1 aromatic heterocycles. The standard InChI is InChI=1S/C32H34ClF2N3O4S2/c1-36-22-9-11-24(12-10-22)38(32(39)31-29(33)28-25(34)13-14-26(35)30(28)43-31)17-21-16-20(6-15-27(21)42-2)19-4-7-23(8-5-19)37-18-44(3,40)41/h4-8,13-16,22,24,36-37H,9-12,17-18H2,1-3H3. The van der Waals surface area contributed by atoms with E-state index in [0.29, 0.717) is 17.5 Å². The van der Waals surface area contributed by atoms with Crippen molar-refractivity contribution in [1.29, 1.82) is 0 Å². The zero-order chi connectivity index (χ0) is 31.6. The van der Waals surface area contributed by atoms with Crippen LogP contribution in [0.15, 0.2) is 54.6 Å². The van der Waals surface area contributed by atoms with Gasteiger partial charge in [-0.25, -0.2) is 17.2 Å². The van der Waals surface area contributed by atoms with E-state index in [9.17, 15) is 22.0 Å². The fourth-order valence-corrected chi connectivity index (χ4v) is 7.60. The van der Waals surface area contributed by atoms with Crippen molar-refractivity contribution < 1.29 is 26.7 Å². The van der Waals surface area contributed by atoms with Crippen LogP contribution in [0.2, 0.25) is 5.02 Å². The summed E-state index contributed by atoms with van der Waals surface area (Å²) in [6, 6.07) is 15.4. The molecule has 0 saturated heterocycles. The van der Waals surface area contributed by atoms with E-state index in [4.69, 9.17) is 16.3 Å². The molecule has 0 atom stereocenters. The average Bonchev–Trinajstić information content (AvgIpc) is 3.38. The van der Waals surface area contributed by atoms with Gasteiger partial charge in [0, 0.05) is 36.1 Å². The molecule has 1 aliphatic rings. The summed E-state index contributed by atoms with van der Waals surface area (Å²) in [4.78, 5) is 16.1. The summed E-state index contributed by atoms with van der Waals surface area (Å²) in [6.07, 6.45) is 4.44. The number of fused-ring (bicyclic) bond motifs is 1. The normalized spacial score (nSPS) is 17.0. The second-order valence-corrected chi connectivity index (χ2v) is 14.6. The van der Waals surface area contributed by atoms with E-state index < -0.39 is 21.5 Å². The highest BCUT2D eigenvalue weighted by Gasteiger charge is 2.33. The maximum atomic E-state index is 14.7. The fraction of sp³-hybridized carbons (Fsp3) is 0.344. The van der Waals surface area contributed by atoms with Crippen LogP contribution in [0.4, 0.5) is 14.5 Å². The Morgan fingerprint density at radius 3 is 2.30 bits per heavy atom. The Morgan fingerprint density at radius 2 is 1.68 bits per heavy atom. The number of hydrogen-bond acceptors (Lipinski definition) is 7. The van der Waals surface area contributed by atoms with Crippen LogP contribution in [0.3, 0.4) is 0 Å². The molecule has 1 fully saturated rings. The molecule has 234 valence electrons. The molecule has 1 saturated carbocycles. The number of methoxy groups -OCH3 is 1. The number of benzene rings is 3. The minimum absolute atomic E-state index is 0.0197. The van der Waals surface area contributed by atoms with Crippen LogP contribution in [-0.2, 0) is 16.4 Å². The van der Waals surface area contributed by atoms with Gasteiger partial charge < -0.3 is 20.3 Å². The van der Waals surface area contributed by atoms with Gasteiger partial charge in [0.25, 0.3) is 5.91 Å². The predicted molar refractivity (Wildman–Crippen MR) is 173 cm³/mol. The van der Waals surface area contributed by atoms with E-state index in [-0.39, 0.29) is 44.4 Å². The van der Waals surface area contributed by atoms with E-state index >= 15 is 0 Å². The molecular formula is C32H34ClF2N3O4S2. The number of anilines is 1. The summed E-state index contributed by atoms with van der Waals surface area (Å²) in [5.74, 6) is -1.24. The molecule has 0 unspecified atom stereocenters. The molecular weight excluding hydrogens is 628 g/mol. The number of amides is 1. The Labute approximate surface area is 265 Å². The second kappa shape index (κ2) is 13.4. The van der Waals surface area contributed by atoms with Crippen molar-refractivity contribution in [2.24, 2.45) is 0 Å². The number of nitrogens with zero attached hydrogens (tertiary/aromatic N) is 1. The van der Waals surface area contributed by atoms with Crippen LogP contribution in [0, 0.1) is 11.6 Å². The molecule has 5 rings (SSSR count). The van der Waals surface area contributed by atoms with Gasteiger partial charge in [-0.1, -0.05) is 29.8 Å². The van der Waals surface area contributed by atoms with Gasteiger partial charge in [0.15, 0.2) is 9.84 Å². The number of halogens is 3. The van der Waals surface area contributed by atoms with E-state index in [1.165, 1.54) is 6.26 Å². The Hall–Kier alpha value is -3.25. The topological polar surface area (TPSA) is 87.7 Å². The lowest BCUT2D eigenvalue weighted by atomic mass is 9.89. The first-order valence-electron chi connectivity index (χ1n) is 14.2. The first kappa shape index (κ1) is 32.2. The number of ether oxygens (including phenoxy) is 1. The molecule has 7 nitrogen and oxygen atoms in total. The summed E-state index contributed by atoms with van der Waals surface area (Å²) in [5, 5.41) is 6.06. The van der Waals surface area contributed by atoms with Crippen molar-refractivity contribution in [1.82, 2.24) is 10.2 Å². The lowest BCUT2D eigenvalue weighted by molar-refractivity contribution is 0.0604. The maximum Gasteiger partial charge on any atom is 0.266 e. The van der Waals surface area contributed by atoms with Gasteiger partial charge >= 0.3 is 0 Å². The predicted octanol–water partition coefficient (Wildman–Crippen LogP) is 7.10. The molecule has 0 aliphatic heterocycles. The zero-order valence-electron chi connectivity index (χ0n) is 24.6. The van der Waals surface area contributed by atoms with Crippen LogP contribution in [0.1, 0.15) is 40.9 Å². The summed E-state index contributed by atoms with van der Waals surface area (Å²) in [7, 11) is 0.327. The SMILES string of the molecule is CNC1CCC(N(Cc2cc(-c3ccc(NCS(C)(=O)=O)cc3)ccc2OC)C(=O)c2sc3c(F)ccc(F)c3c2Cl)CC1. The Balaban J connectivity index is 1.49. The van der Waals surface area contributed by atoms with Crippen molar-refractivity contribution in [3.05, 3.63) is 81.7 Å². The van der Waals surface area contributed by atoms with Gasteiger partial charge in [0.2, 0.25) is 0 Å². The second-order valence-electron chi connectivity index (χ2n) is 11.1. The smallest absolute Gasteiger partial charge is 0.266 e. The van der Waals surface area contributed by atoms with Crippen LogP contribution >= 0.6 is 22.9 Å². The summed E-state index contributed by atoms with van der Waals surface area (Å²) < 4.78 is 58.1. The average molecular weight is 662 g/mol. The first-order chi connectivity index (χ1) is 21.0. The number of carbonyl (C=O) groups is 1. The van der Waals surface area contributed by atoms with Crippen LogP contribution < -0.4 is 15.4 Å². The minimum Gasteiger partial charge on any atom is -0.496 e. The maximum absolute atomic E-state index is 14.7. The Kier molecular flexibility index (Phi) is 9.79. The Bertz CT molecular complexity index is 1770. The van der Waals surface area contributed by atoms with Crippen LogP contribution in [0.5, 0.6) is 5.75 Å². The zero-order valence-corrected chi connectivity index (χ0v) is 27.0. The molecule has 1 amide bonds. The molecule has 12 heteroatoms. The molecule has 3 aromatic carbocycles. The number of rotatable bonds is 10. The van der Waals surface area contributed by atoms with Gasteiger partial charge in [-0.15, -0.1) is 11.3 Å². The summed E-state index contributed by atoms with van der Waals surface area (Å²) in [5.41, 5.74) is 3.22. The quantitative estimate of drug-likeness (QED) is 0.189. The highest BCUT2D eigenvalue weighted by Crippen LogP contribution is 2.40. The van der Waals surface area contributed by atoms with Gasteiger partial charge in [-0.2, -0.15) is 0 Å². The minimum atomic E-state index is -3.17. The van der Waals surface area contributed by atoms with E-state index in [0.717, 1.165) is 65.8 Å². The molecule has 0 bridgehead atoms. The third-order valence-corrected chi connectivity index (χ3v) is 10.4. The fourth-order valence-electron chi connectivity index (χ4n) is 5.67. The highest BCUT2D eigenvalue weighted by atomic mass is 35.5. The van der Waals surface area contributed by atoms with Crippen LogP contribution in [-0.4, -0.2) is 57.6 Å². The van der Waals surface area contributed by atoms with Gasteiger partial charge in [0.05, 0.1) is 22.2 Å². The molecule has 0 radical (unpaired) electrons. The first-order valence-corrected chi connectivity index (χ1v) is 17.5. The monoisotopic (exact) mass is 661 g/mol. The van der Waals surface area contributed by atoms with Crippen molar-refractivity contribution >= 4 is 54.5 Å².